The lowest BCUT2D eigenvalue weighted by Gasteiger charge is -2.36. The molecule has 0 aliphatic heterocycles. The standard InChI is InChI=1S/C16H30N4O5/c1-5-10(6-2)14(20-9(3)21)13-11(18-8-19-17)7-12(15(13)22)25-16(23)24-4/h8,10-15,22H,5-7,17H2,1-4H3,(H,18,19)(H,20,21)/t11-,12-,13+,14?,15+/m1/s1. The molecule has 0 radical (unpaired) electrons. The van der Waals surface area contributed by atoms with Crippen molar-refractivity contribution in [2.75, 3.05) is 7.11 Å². The summed E-state index contributed by atoms with van der Waals surface area (Å²) in [6.45, 7) is 5.52. The van der Waals surface area contributed by atoms with Crippen LogP contribution < -0.4 is 16.5 Å². The van der Waals surface area contributed by atoms with Gasteiger partial charge in [0.1, 0.15) is 12.4 Å². The second kappa shape index (κ2) is 10.1. The van der Waals surface area contributed by atoms with Crippen molar-refractivity contribution in [3.8, 4) is 0 Å². The maximum atomic E-state index is 11.7. The molecule has 1 aliphatic rings. The highest BCUT2D eigenvalue weighted by atomic mass is 16.7. The van der Waals surface area contributed by atoms with Crippen LogP contribution in [-0.4, -0.2) is 54.9 Å². The van der Waals surface area contributed by atoms with Gasteiger partial charge in [-0.1, -0.05) is 26.7 Å². The van der Waals surface area contributed by atoms with Crippen molar-refractivity contribution < 1.29 is 24.2 Å². The number of rotatable bonds is 8. The minimum atomic E-state index is -0.958. The summed E-state index contributed by atoms with van der Waals surface area (Å²) in [7, 11) is 1.21. The van der Waals surface area contributed by atoms with E-state index in [1.165, 1.54) is 20.4 Å². The molecule has 1 unspecified atom stereocenters. The average Bonchev–Trinajstić information content (AvgIpc) is 2.88. The Bertz CT molecular complexity index is 469. The van der Waals surface area contributed by atoms with Gasteiger partial charge in [0.15, 0.2) is 0 Å². The van der Waals surface area contributed by atoms with E-state index in [0.717, 1.165) is 12.8 Å². The lowest BCUT2D eigenvalue weighted by Crippen LogP contribution is -2.53. The molecular weight excluding hydrogens is 328 g/mol. The summed E-state index contributed by atoms with van der Waals surface area (Å²) in [5.74, 6) is 4.78. The van der Waals surface area contributed by atoms with Crippen LogP contribution in [0, 0.1) is 11.8 Å². The van der Waals surface area contributed by atoms with E-state index in [2.05, 4.69) is 20.5 Å². The number of hydrogen-bond acceptors (Lipinski definition) is 7. The molecule has 9 nitrogen and oxygen atoms in total. The van der Waals surface area contributed by atoms with E-state index in [0.29, 0.717) is 6.42 Å². The predicted octanol–water partition coefficient (Wildman–Crippen LogP) is 0.320. The monoisotopic (exact) mass is 358 g/mol. The predicted molar refractivity (Wildman–Crippen MR) is 92.7 cm³/mol. The zero-order chi connectivity index (χ0) is 19.0. The fourth-order valence-electron chi connectivity index (χ4n) is 3.66. The van der Waals surface area contributed by atoms with Crippen LogP contribution >= 0.6 is 0 Å². The van der Waals surface area contributed by atoms with Crippen LogP contribution in [0.3, 0.4) is 0 Å². The quantitative estimate of drug-likeness (QED) is 0.161. The molecule has 5 N–H and O–H groups in total. The normalized spacial score (nSPS) is 27.3. The number of aliphatic hydroxyl groups excluding tert-OH is 1. The Balaban J connectivity index is 3.11. The number of ether oxygens (including phenoxy) is 2. The van der Waals surface area contributed by atoms with Gasteiger partial charge in [0.2, 0.25) is 5.91 Å². The summed E-state index contributed by atoms with van der Waals surface area (Å²) in [6.07, 6.45) is 0.809. The molecule has 0 saturated heterocycles. The highest BCUT2D eigenvalue weighted by molar-refractivity contribution is 5.73. The van der Waals surface area contributed by atoms with Crippen LogP contribution in [0.4, 0.5) is 4.79 Å². The van der Waals surface area contributed by atoms with E-state index >= 15 is 0 Å². The molecular formula is C16H30N4O5. The fraction of sp³-hybridized carbons (Fsp3) is 0.812. The largest absolute Gasteiger partial charge is 0.508 e. The first kappa shape index (κ1) is 21.0. The molecule has 0 bridgehead atoms. The summed E-state index contributed by atoms with van der Waals surface area (Å²) in [5.41, 5.74) is 0. The van der Waals surface area contributed by atoms with Gasteiger partial charge in [-0.3, -0.25) is 4.79 Å². The number of nitrogens with zero attached hydrogens (tertiary/aromatic N) is 1. The Hall–Kier alpha value is -2.03. The second-order valence-electron chi connectivity index (χ2n) is 6.27. The first-order valence-electron chi connectivity index (χ1n) is 8.56. The van der Waals surface area contributed by atoms with Gasteiger partial charge in [0.05, 0.1) is 13.2 Å². The van der Waals surface area contributed by atoms with Crippen molar-refractivity contribution in [2.24, 2.45) is 22.8 Å². The van der Waals surface area contributed by atoms with Crippen molar-refractivity contribution in [3.63, 3.8) is 0 Å². The Kier molecular flexibility index (Phi) is 8.47. The summed E-state index contributed by atoms with van der Waals surface area (Å²) in [4.78, 5) is 23.2. The molecule has 1 aliphatic carbocycles. The minimum Gasteiger partial charge on any atom is -0.438 e. The Labute approximate surface area is 148 Å². The van der Waals surface area contributed by atoms with Gasteiger partial charge in [0, 0.05) is 31.3 Å². The zero-order valence-corrected chi connectivity index (χ0v) is 15.3. The van der Waals surface area contributed by atoms with E-state index in [-0.39, 0.29) is 29.8 Å². The second-order valence-corrected chi connectivity index (χ2v) is 6.27. The van der Waals surface area contributed by atoms with E-state index in [1.54, 1.807) is 0 Å². The van der Waals surface area contributed by atoms with Gasteiger partial charge in [-0.25, -0.2) is 4.79 Å². The average molecular weight is 358 g/mol. The summed E-state index contributed by atoms with van der Waals surface area (Å²) < 4.78 is 9.69. The Morgan fingerprint density at radius 3 is 2.52 bits per heavy atom. The van der Waals surface area contributed by atoms with E-state index in [9.17, 15) is 14.7 Å². The number of hydrogen-bond donors (Lipinski definition) is 4. The molecule has 1 amide bonds. The number of nitrogens with one attached hydrogen (secondary N) is 2. The van der Waals surface area contributed by atoms with Crippen molar-refractivity contribution in [3.05, 3.63) is 0 Å². The molecule has 1 saturated carbocycles. The Morgan fingerprint density at radius 1 is 1.40 bits per heavy atom. The molecule has 1 rings (SSSR count). The minimum absolute atomic E-state index is 0.166. The zero-order valence-electron chi connectivity index (χ0n) is 15.3. The Morgan fingerprint density at radius 2 is 2.04 bits per heavy atom. The molecule has 0 spiro atoms. The third-order valence-corrected chi connectivity index (χ3v) is 4.84. The van der Waals surface area contributed by atoms with Crippen LogP contribution in [-0.2, 0) is 14.3 Å². The lowest BCUT2D eigenvalue weighted by atomic mass is 9.81. The van der Waals surface area contributed by atoms with Crippen molar-refractivity contribution in [1.29, 1.82) is 0 Å². The van der Waals surface area contributed by atoms with Gasteiger partial charge in [-0.15, -0.1) is 0 Å². The number of aliphatic hydroxyl groups is 1. The van der Waals surface area contributed by atoms with Gasteiger partial charge < -0.3 is 31.1 Å². The van der Waals surface area contributed by atoms with Gasteiger partial charge in [-0.05, 0) is 5.92 Å². The smallest absolute Gasteiger partial charge is 0.438 e. The SMILES string of the molecule is CCC(CC)C(NC(C)=O)[C@H]1[C@@H](O)[C@H](OC(=O)OC)C[C@H]1N/C=N/N. The van der Waals surface area contributed by atoms with Gasteiger partial charge in [0.25, 0.3) is 0 Å². The molecule has 0 aromatic rings. The van der Waals surface area contributed by atoms with Gasteiger partial charge >= 0.3 is 6.16 Å². The summed E-state index contributed by atoms with van der Waals surface area (Å²) in [5, 5.41) is 20.2. The number of carbonyl (C=O) groups is 2. The number of nitrogens with two attached hydrogens (primary N) is 1. The van der Waals surface area contributed by atoms with Crippen LogP contribution in [0.15, 0.2) is 5.10 Å². The van der Waals surface area contributed by atoms with Crippen LogP contribution in [0.2, 0.25) is 0 Å². The highest BCUT2D eigenvalue weighted by Crippen LogP contribution is 2.35. The van der Waals surface area contributed by atoms with Crippen LogP contribution in [0.1, 0.15) is 40.0 Å². The molecule has 0 heterocycles. The van der Waals surface area contributed by atoms with E-state index in [4.69, 9.17) is 10.6 Å². The summed E-state index contributed by atoms with van der Waals surface area (Å²) in [6, 6.07) is -0.549. The van der Waals surface area contributed by atoms with Crippen LogP contribution in [0.25, 0.3) is 0 Å². The number of carbonyl (C=O) groups excluding carboxylic acids is 2. The molecule has 144 valence electrons. The van der Waals surface area contributed by atoms with Crippen molar-refractivity contribution >= 4 is 18.4 Å². The molecule has 1 fully saturated rings. The number of methoxy groups -OCH3 is 1. The van der Waals surface area contributed by atoms with Gasteiger partial charge in [-0.2, -0.15) is 5.10 Å². The third kappa shape index (κ3) is 5.48. The van der Waals surface area contributed by atoms with E-state index in [1.807, 2.05) is 13.8 Å². The molecule has 0 aromatic carbocycles. The summed E-state index contributed by atoms with van der Waals surface area (Å²) >= 11 is 0. The first-order valence-corrected chi connectivity index (χ1v) is 8.56. The molecule has 25 heavy (non-hydrogen) atoms. The molecule has 9 heteroatoms. The van der Waals surface area contributed by atoms with Crippen LogP contribution in [0.5, 0.6) is 0 Å². The molecule has 0 aromatic heterocycles. The van der Waals surface area contributed by atoms with Crippen molar-refractivity contribution in [2.45, 2.75) is 64.3 Å². The van der Waals surface area contributed by atoms with Crippen molar-refractivity contribution in [1.82, 2.24) is 10.6 Å². The lowest BCUT2D eigenvalue weighted by molar-refractivity contribution is -0.121. The molecule has 5 atom stereocenters. The highest BCUT2D eigenvalue weighted by Gasteiger charge is 2.49. The maximum absolute atomic E-state index is 11.7. The number of hydrazone groups is 1. The third-order valence-electron chi connectivity index (χ3n) is 4.84. The fourth-order valence-corrected chi connectivity index (χ4v) is 3.66. The topological polar surface area (TPSA) is 135 Å². The first-order chi connectivity index (χ1) is 11.9. The maximum Gasteiger partial charge on any atom is 0.508 e. The van der Waals surface area contributed by atoms with E-state index < -0.39 is 18.4 Å². The number of amides is 1.